The second kappa shape index (κ2) is 8.64. The first-order valence-electron chi connectivity index (χ1n) is 10.2. The molecular weight excluding hydrogens is 342 g/mol. The molecule has 146 valence electrons. The maximum atomic E-state index is 4.93. The summed E-state index contributed by atoms with van der Waals surface area (Å²) in [6.07, 6.45) is 10.9. The van der Waals surface area contributed by atoms with Gasteiger partial charge in [0.2, 0.25) is 0 Å². The Balaban J connectivity index is 1.92. The number of aromatic nitrogens is 1. The summed E-state index contributed by atoms with van der Waals surface area (Å²) in [5.41, 5.74) is 8.56. The molecule has 0 unspecified atom stereocenters. The molecule has 0 saturated heterocycles. The van der Waals surface area contributed by atoms with E-state index in [1.165, 1.54) is 22.5 Å². The van der Waals surface area contributed by atoms with Gasteiger partial charge in [0.05, 0.1) is 22.8 Å². The van der Waals surface area contributed by atoms with Crippen molar-refractivity contribution in [2.45, 2.75) is 54.4 Å². The molecule has 0 fully saturated rings. The number of rotatable bonds is 4. The van der Waals surface area contributed by atoms with E-state index in [1.54, 1.807) is 0 Å². The van der Waals surface area contributed by atoms with Gasteiger partial charge in [0.25, 0.3) is 0 Å². The molecule has 0 amide bonds. The highest BCUT2D eigenvalue weighted by molar-refractivity contribution is 6.01. The number of hydrogen-bond acceptors (Lipinski definition) is 3. The van der Waals surface area contributed by atoms with Crippen LogP contribution in [0.25, 0.3) is 0 Å². The number of hydrogen-bond donors (Lipinski definition) is 0. The van der Waals surface area contributed by atoms with E-state index in [-0.39, 0.29) is 0 Å². The van der Waals surface area contributed by atoms with Crippen LogP contribution in [0.15, 0.2) is 75.0 Å². The summed E-state index contributed by atoms with van der Waals surface area (Å²) >= 11 is 0. The Kier molecular flexibility index (Phi) is 6.23. The summed E-state index contributed by atoms with van der Waals surface area (Å²) in [4.78, 5) is 14.7. The lowest BCUT2D eigenvalue weighted by Gasteiger charge is -2.18. The number of allylic oxidation sites excluding steroid dienone is 8. The van der Waals surface area contributed by atoms with Crippen LogP contribution in [-0.4, -0.2) is 16.4 Å². The minimum Gasteiger partial charge on any atom is -0.255 e. The molecule has 1 heterocycles. The van der Waals surface area contributed by atoms with E-state index in [1.807, 2.05) is 32.0 Å². The van der Waals surface area contributed by atoms with Gasteiger partial charge in [-0.2, -0.15) is 0 Å². The first kappa shape index (κ1) is 20.2. The van der Waals surface area contributed by atoms with Crippen molar-refractivity contribution in [3.63, 3.8) is 0 Å². The second-order valence-electron chi connectivity index (χ2n) is 8.02. The van der Waals surface area contributed by atoms with Crippen molar-refractivity contribution in [2.24, 2.45) is 21.8 Å². The lowest BCUT2D eigenvalue weighted by atomic mass is 9.94. The third kappa shape index (κ3) is 4.46. The van der Waals surface area contributed by atoms with Crippen LogP contribution in [0.1, 0.15) is 65.8 Å². The second-order valence-corrected chi connectivity index (χ2v) is 8.02. The fourth-order valence-electron chi connectivity index (χ4n) is 3.78. The molecule has 0 radical (unpaired) electrons. The zero-order chi connectivity index (χ0) is 20.3. The summed E-state index contributed by atoms with van der Waals surface area (Å²) in [5.74, 6) is 0.893. The normalized spacial score (nSPS) is 23.6. The van der Waals surface area contributed by atoms with Gasteiger partial charge in [-0.15, -0.1) is 0 Å². The summed E-state index contributed by atoms with van der Waals surface area (Å²) in [6.45, 7) is 12.8. The summed E-state index contributed by atoms with van der Waals surface area (Å²) in [6, 6.07) is 6.11. The van der Waals surface area contributed by atoms with Crippen molar-refractivity contribution in [1.82, 2.24) is 4.98 Å². The molecule has 3 rings (SSSR count). The van der Waals surface area contributed by atoms with E-state index in [9.17, 15) is 0 Å². The van der Waals surface area contributed by atoms with E-state index in [0.717, 1.165) is 35.7 Å². The van der Waals surface area contributed by atoms with Crippen molar-refractivity contribution in [3.05, 3.63) is 76.4 Å². The zero-order valence-electron chi connectivity index (χ0n) is 18.0. The van der Waals surface area contributed by atoms with Crippen molar-refractivity contribution in [2.75, 3.05) is 0 Å². The van der Waals surface area contributed by atoms with Gasteiger partial charge in [0.1, 0.15) is 0 Å². The minimum absolute atomic E-state index is 0.446. The maximum Gasteiger partial charge on any atom is 0.0849 e. The van der Waals surface area contributed by atoms with Crippen molar-refractivity contribution in [1.29, 1.82) is 0 Å². The first-order chi connectivity index (χ1) is 13.4. The molecule has 3 heteroatoms. The molecule has 2 aliphatic carbocycles. The molecule has 0 aliphatic heterocycles. The third-order valence-corrected chi connectivity index (χ3v) is 5.52. The quantitative estimate of drug-likeness (QED) is 0.560. The Morgan fingerprint density at radius 1 is 0.821 bits per heavy atom. The SMILES string of the molecule is CC(=NC1=C(C)C=CC[C@H]1C)c1cccc(C(C)=NC2=C(C)C=CC[C@@H]2C)n1. The van der Waals surface area contributed by atoms with Crippen LogP contribution in [0.3, 0.4) is 0 Å². The highest BCUT2D eigenvalue weighted by Gasteiger charge is 2.15. The smallest absolute Gasteiger partial charge is 0.0849 e. The zero-order valence-corrected chi connectivity index (χ0v) is 18.0. The molecule has 0 bridgehead atoms. The summed E-state index contributed by atoms with van der Waals surface area (Å²) in [5, 5.41) is 0. The number of nitrogens with zero attached hydrogens (tertiary/aromatic N) is 3. The highest BCUT2D eigenvalue weighted by Crippen LogP contribution is 2.27. The van der Waals surface area contributed by atoms with Crippen LogP contribution in [0.4, 0.5) is 0 Å². The fourth-order valence-corrected chi connectivity index (χ4v) is 3.78. The molecule has 0 N–H and O–H groups in total. The molecule has 2 atom stereocenters. The Hall–Kier alpha value is -2.55. The van der Waals surface area contributed by atoms with Gasteiger partial charge in [-0.1, -0.05) is 44.2 Å². The molecule has 1 aromatic rings. The van der Waals surface area contributed by atoms with Crippen LogP contribution in [0.5, 0.6) is 0 Å². The minimum atomic E-state index is 0.446. The van der Waals surface area contributed by atoms with E-state index < -0.39 is 0 Å². The molecule has 28 heavy (non-hydrogen) atoms. The summed E-state index contributed by atoms with van der Waals surface area (Å²) in [7, 11) is 0. The van der Waals surface area contributed by atoms with Crippen LogP contribution in [0.2, 0.25) is 0 Å². The topological polar surface area (TPSA) is 37.6 Å². The lowest BCUT2D eigenvalue weighted by Crippen LogP contribution is -2.10. The van der Waals surface area contributed by atoms with Crippen LogP contribution in [-0.2, 0) is 0 Å². The maximum absolute atomic E-state index is 4.93. The molecule has 0 saturated carbocycles. The Bertz CT molecular complexity index is 865. The molecule has 0 spiro atoms. The van der Waals surface area contributed by atoms with Crippen molar-refractivity contribution >= 4 is 11.4 Å². The standard InChI is InChI=1S/C25H31N3/c1-16-10-7-11-17(2)24(16)26-20(5)22-14-9-15-23(28-22)21(6)27-25-18(3)12-8-13-19(25)4/h7-10,12,14-15,17,19H,11,13H2,1-6H3/t17-,19+. The fraction of sp³-hybridized carbons (Fsp3) is 0.400. The van der Waals surface area contributed by atoms with Crippen molar-refractivity contribution in [3.8, 4) is 0 Å². The van der Waals surface area contributed by atoms with Gasteiger partial charge in [-0.3, -0.25) is 9.98 Å². The first-order valence-corrected chi connectivity index (χ1v) is 10.2. The van der Waals surface area contributed by atoms with Gasteiger partial charge in [-0.05, 0) is 63.8 Å². The van der Waals surface area contributed by atoms with E-state index in [2.05, 4.69) is 52.0 Å². The summed E-state index contributed by atoms with van der Waals surface area (Å²) < 4.78 is 0. The molecule has 3 nitrogen and oxygen atoms in total. The Morgan fingerprint density at radius 2 is 1.25 bits per heavy atom. The van der Waals surface area contributed by atoms with Crippen LogP contribution < -0.4 is 0 Å². The van der Waals surface area contributed by atoms with Crippen LogP contribution >= 0.6 is 0 Å². The predicted molar refractivity (Wildman–Crippen MR) is 120 cm³/mol. The van der Waals surface area contributed by atoms with E-state index in [4.69, 9.17) is 15.0 Å². The average molecular weight is 374 g/mol. The van der Waals surface area contributed by atoms with E-state index in [0.29, 0.717) is 11.8 Å². The largest absolute Gasteiger partial charge is 0.255 e. The molecular formula is C25H31N3. The Labute approximate surface area is 169 Å². The lowest BCUT2D eigenvalue weighted by molar-refractivity contribution is 0.669. The Morgan fingerprint density at radius 3 is 1.64 bits per heavy atom. The predicted octanol–water partition coefficient (Wildman–Crippen LogP) is 6.44. The molecule has 2 aliphatic rings. The molecule has 0 aromatic carbocycles. The number of aliphatic imine (C=N–C) groups is 2. The van der Waals surface area contributed by atoms with Gasteiger partial charge >= 0.3 is 0 Å². The van der Waals surface area contributed by atoms with E-state index >= 15 is 0 Å². The van der Waals surface area contributed by atoms with Gasteiger partial charge in [-0.25, -0.2) is 4.98 Å². The van der Waals surface area contributed by atoms with Crippen LogP contribution in [0, 0.1) is 11.8 Å². The monoisotopic (exact) mass is 373 g/mol. The van der Waals surface area contributed by atoms with Gasteiger partial charge < -0.3 is 0 Å². The third-order valence-electron chi connectivity index (χ3n) is 5.52. The van der Waals surface area contributed by atoms with Gasteiger partial charge in [0.15, 0.2) is 0 Å². The number of pyridine rings is 1. The van der Waals surface area contributed by atoms with Gasteiger partial charge in [0, 0.05) is 23.2 Å². The highest BCUT2D eigenvalue weighted by atomic mass is 14.9. The average Bonchev–Trinajstić information content (AvgIpc) is 2.67. The van der Waals surface area contributed by atoms with Crippen molar-refractivity contribution < 1.29 is 0 Å². The molecule has 1 aromatic heterocycles.